The maximum absolute atomic E-state index is 13.2. The van der Waals surface area contributed by atoms with Gasteiger partial charge in [-0.1, -0.05) is 12.1 Å². The van der Waals surface area contributed by atoms with Gasteiger partial charge in [0.05, 0.1) is 25.6 Å². The van der Waals surface area contributed by atoms with E-state index in [4.69, 9.17) is 23.7 Å². The molecule has 11 heteroatoms. The van der Waals surface area contributed by atoms with E-state index in [1.165, 1.54) is 4.90 Å². The first-order valence-corrected chi connectivity index (χ1v) is 13.5. The number of benzene rings is 1. The Balaban J connectivity index is 1.46. The molecule has 0 aliphatic carbocycles. The van der Waals surface area contributed by atoms with Crippen LogP contribution in [-0.4, -0.2) is 103 Å². The second kappa shape index (κ2) is 12.4. The van der Waals surface area contributed by atoms with Crippen LogP contribution >= 0.6 is 0 Å². The van der Waals surface area contributed by atoms with Crippen LogP contribution in [-0.2, 0) is 30.2 Å². The van der Waals surface area contributed by atoms with Gasteiger partial charge in [-0.25, -0.2) is 9.59 Å². The van der Waals surface area contributed by atoms with Crippen LogP contribution in [0.2, 0.25) is 0 Å². The number of methoxy groups -OCH3 is 1. The van der Waals surface area contributed by atoms with E-state index in [1.54, 1.807) is 40.0 Å². The van der Waals surface area contributed by atoms with Crippen LogP contribution in [0.4, 0.5) is 9.59 Å². The molecule has 11 nitrogen and oxygen atoms in total. The van der Waals surface area contributed by atoms with Gasteiger partial charge in [-0.2, -0.15) is 0 Å². The minimum atomic E-state index is -1.18. The van der Waals surface area contributed by atoms with Gasteiger partial charge in [0.15, 0.2) is 12.2 Å². The van der Waals surface area contributed by atoms with E-state index in [9.17, 15) is 19.5 Å². The van der Waals surface area contributed by atoms with Gasteiger partial charge in [-0.05, 0) is 63.6 Å². The minimum Gasteiger partial charge on any atom is -0.497 e. The number of nitrogens with zero attached hydrogens (tertiary/aromatic N) is 2. The molecule has 39 heavy (non-hydrogen) atoms. The highest BCUT2D eigenvalue weighted by molar-refractivity contribution is 5.75. The van der Waals surface area contributed by atoms with Gasteiger partial charge in [0.2, 0.25) is 0 Å². The van der Waals surface area contributed by atoms with Gasteiger partial charge in [-0.3, -0.25) is 9.69 Å². The van der Waals surface area contributed by atoms with Crippen molar-refractivity contribution in [2.24, 2.45) is 11.8 Å². The van der Waals surface area contributed by atoms with E-state index >= 15 is 0 Å². The van der Waals surface area contributed by atoms with Gasteiger partial charge in [0.25, 0.3) is 0 Å². The van der Waals surface area contributed by atoms with Crippen molar-refractivity contribution >= 4 is 18.2 Å². The highest BCUT2D eigenvalue weighted by Crippen LogP contribution is 2.31. The smallest absolute Gasteiger partial charge is 0.497 e. The number of ether oxygens (including phenoxy) is 5. The van der Waals surface area contributed by atoms with E-state index in [1.807, 2.05) is 12.1 Å². The summed E-state index contributed by atoms with van der Waals surface area (Å²) in [6.45, 7) is 8.65. The molecule has 1 aromatic rings. The molecule has 1 aromatic carbocycles. The summed E-state index contributed by atoms with van der Waals surface area (Å²) < 4.78 is 27.5. The number of hydrogen-bond donors (Lipinski definition) is 1. The predicted octanol–water partition coefficient (Wildman–Crippen LogP) is 3.19. The summed E-state index contributed by atoms with van der Waals surface area (Å²) >= 11 is 0. The molecular weight excluding hydrogens is 508 g/mol. The van der Waals surface area contributed by atoms with Crippen LogP contribution in [0.3, 0.4) is 0 Å². The highest BCUT2D eigenvalue weighted by atomic mass is 16.7. The Kier molecular flexibility index (Phi) is 9.22. The zero-order valence-electron chi connectivity index (χ0n) is 23.2. The quantitative estimate of drug-likeness (QED) is 0.484. The molecule has 0 radical (unpaired) electrons. The Morgan fingerprint density at radius 2 is 1.69 bits per heavy atom. The van der Waals surface area contributed by atoms with Crippen molar-refractivity contribution in [3.63, 3.8) is 0 Å². The van der Waals surface area contributed by atoms with Crippen LogP contribution < -0.4 is 4.74 Å². The Hall–Kier alpha value is -3.05. The molecule has 3 aliphatic heterocycles. The van der Waals surface area contributed by atoms with Gasteiger partial charge in [-0.15, -0.1) is 0 Å². The van der Waals surface area contributed by atoms with Crippen LogP contribution in [0.15, 0.2) is 24.3 Å². The number of carboxylic acid groups (broad SMARTS) is 1. The standard InChI is InChI=1S/C28H40N2O9/c1-28(2,3)39-27(34)37-23-17-30(26(32)33)22(13-18-5-7-21(35-4)8-6-18)24(23)38-25(31)20-15-29(16-20)14-19-9-11-36-12-10-19/h5-8,19-20,22-24H,9-17H2,1-4H3,(H,32,33)/t22-,23+,24+/m1/s1. The first kappa shape index (κ1) is 28.9. The number of likely N-dealkylation sites (tertiary alicyclic amines) is 2. The van der Waals surface area contributed by atoms with Crippen LogP contribution in [0.25, 0.3) is 0 Å². The first-order valence-electron chi connectivity index (χ1n) is 13.5. The monoisotopic (exact) mass is 548 g/mol. The summed E-state index contributed by atoms with van der Waals surface area (Å²) in [5, 5.41) is 9.97. The second-order valence-corrected chi connectivity index (χ2v) is 11.5. The molecule has 3 fully saturated rings. The summed E-state index contributed by atoms with van der Waals surface area (Å²) in [7, 11) is 1.57. The molecular formula is C28H40N2O9. The summed E-state index contributed by atoms with van der Waals surface area (Å²) in [6.07, 6.45) is -1.78. The van der Waals surface area contributed by atoms with E-state index < -0.39 is 42.1 Å². The Labute approximate surface area is 229 Å². The molecule has 3 saturated heterocycles. The lowest BCUT2D eigenvalue weighted by Gasteiger charge is -2.41. The lowest BCUT2D eigenvalue weighted by Crippen LogP contribution is -2.54. The largest absolute Gasteiger partial charge is 0.509 e. The third kappa shape index (κ3) is 7.76. The third-order valence-corrected chi connectivity index (χ3v) is 7.41. The summed E-state index contributed by atoms with van der Waals surface area (Å²) in [6, 6.07) is 6.49. The number of esters is 1. The first-order chi connectivity index (χ1) is 18.5. The van der Waals surface area contributed by atoms with Crippen molar-refractivity contribution in [2.75, 3.05) is 46.5 Å². The van der Waals surface area contributed by atoms with E-state index in [-0.39, 0.29) is 18.9 Å². The van der Waals surface area contributed by atoms with Crippen molar-refractivity contribution in [1.82, 2.24) is 9.80 Å². The van der Waals surface area contributed by atoms with E-state index in [2.05, 4.69) is 4.90 Å². The van der Waals surface area contributed by atoms with Crippen LogP contribution in [0.1, 0.15) is 39.2 Å². The molecule has 3 heterocycles. The van der Waals surface area contributed by atoms with E-state index in [0.29, 0.717) is 24.8 Å². The van der Waals surface area contributed by atoms with Gasteiger partial charge >= 0.3 is 18.2 Å². The zero-order valence-corrected chi connectivity index (χ0v) is 23.2. The Bertz CT molecular complexity index is 997. The van der Waals surface area contributed by atoms with Crippen molar-refractivity contribution < 1.29 is 43.2 Å². The zero-order chi connectivity index (χ0) is 28.2. The minimum absolute atomic E-state index is 0.131. The van der Waals surface area contributed by atoms with Gasteiger partial charge in [0.1, 0.15) is 11.4 Å². The number of carbonyl (C=O) groups is 3. The fourth-order valence-electron chi connectivity index (χ4n) is 5.36. The molecule has 1 N–H and O–H groups in total. The topological polar surface area (TPSA) is 124 Å². The Morgan fingerprint density at radius 1 is 1.03 bits per heavy atom. The van der Waals surface area contributed by atoms with Crippen molar-refractivity contribution in [3.05, 3.63) is 29.8 Å². The lowest BCUT2D eigenvalue weighted by molar-refractivity contribution is -0.167. The average molecular weight is 549 g/mol. The number of rotatable bonds is 8. The van der Waals surface area contributed by atoms with Crippen molar-refractivity contribution in [3.8, 4) is 5.75 Å². The van der Waals surface area contributed by atoms with Gasteiger partial charge in [0, 0.05) is 32.8 Å². The van der Waals surface area contributed by atoms with Crippen LogP contribution in [0.5, 0.6) is 5.75 Å². The number of amides is 1. The summed E-state index contributed by atoms with van der Waals surface area (Å²) in [5.41, 5.74) is 0.0359. The molecule has 4 rings (SSSR count). The molecule has 3 atom stereocenters. The fourth-order valence-corrected chi connectivity index (χ4v) is 5.36. The molecule has 0 spiro atoms. The predicted molar refractivity (Wildman–Crippen MR) is 140 cm³/mol. The third-order valence-electron chi connectivity index (χ3n) is 7.41. The second-order valence-electron chi connectivity index (χ2n) is 11.5. The molecule has 0 bridgehead atoms. The molecule has 0 aromatic heterocycles. The molecule has 0 unspecified atom stereocenters. The SMILES string of the molecule is COc1ccc(C[C@@H]2[C@H](OC(=O)C3CN(CC4CCOCC4)C3)[C@@H](OC(=O)OC(C)(C)C)CN2C(=O)O)cc1. The average Bonchev–Trinajstić information content (AvgIpc) is 3.17. The lowest BCUT2D eigenvalue weighted by atomic mass is 9.94. The molecule has 1 amide bonds. The van der Waals surface area contributed by atoms with Crippen molar-refractivity contribution in [1.29, 1.82) is 0 Å². The molecule has 3 aliphatic rings. The normalized spacial score (nSPS) is 24.6. The maximum atomic E-state index is 13.2. The molecule has 216 valence electrons. The Morgan fingerprint density at radius 3 is 2.28 bits per heavy atom. The fraction of sp³-hybridized carbons (Fsp3) is 0.679. The summed E-state index contributed by atoms with van der Waals surface area (Å²) in [4.78, 5) is 41.3. The highest BCUT2D eigenvalue weighted by Gasteiger charge is 2.50. The number of hydrogen-bond acceptors (Lipinski definition) is 9. The maximum Gasteiger partial charge on any atom is 0.509 e. The van der Waals surface area contributed by atoms with E-state index in [0.717, 1.165) is 38.2 Å². The molecule has 0 saturated carbocycles. The van der Waals surface area contributed by atoms with Crippen LogP contribution in [0, 0.1) is 11.8 Å². The summed E-state index contributed by atoms with van der Waals surface area (Å²) in [5.74, 6) is 0.514. The van der Waals surface area contributed by atoms with Gasteiger partial charge < -0.3 is 33.7 Å². The van der Waals surface area contributed by atoms with Crippen molar-refractivity contribution in [2.45, 2.75) is 63.9 Å². The number of carbonyl (C=O) groups excluding carboxylic acids is 2.